The fraction of sp³-hybridized carbons (Fsp3) is 0.423. The van der Waals surface area contributed by atoms with Crippen molar-refractivity contribution >= 4 is 34.2 Å². The number of aliphatic hydroxyl groups is 1. The van der Waals surface area contributed by atoms with E-state index < -0.39 is 5.60 Å². The van der Waals surface area contributed by atoms with E-state index in [0.29, 0.717) is 23.4 Å². The van der Waals surface area contributed by atoms with Crippen LogP contribution in [0.1, 0.15) is 56.8 Å². The van der Waals surface area contributed by atoms with Crippen molar-refractivity contribution in [1.82, 2.24) is 25.1 Å². The van der Waals surface area contributed by atoms with Crippen LogP contribution in [-0.2, 0) is 13.1 Å². The number of H-pyrrole nitrogens is 1. The highest BCUT2D eigenvalue weighted by Gasteiger charge is 2.22. The lowest BCUT2D eigenvalue weighted by Gasteiger charge is -2.28. The monoisotopic (exact) mass is 494 g/mol. The number of nitrogens with one attached hydrogen (secondary N) is 3. The molecule has 0 fully saturated rings. The van der Waals surface area contributed by atoms with Gasteiger partial charge in [0.25, 0.3) is 5.91 Å². The van der Waals surface area contributed by atoms with Crippen LogP contribution in [0.25, 0.3) is 21.5 Å². The molecular formula is C26H34N6O2S. The highest BCUT2D eigenvalue weighted by atomic mass is 32.1. The number of nitrogens with zero attached hydrogens (tertiary/aromatic N) is 3. The Kier molecular flexibility index (Phi) is 6.86. The number of hydrogen-bond donors (Lipinski definition) is 4. The van der Waals surface area contributed by atoms with Crippen LogP contribution in [-0.4, -0.2) is 42.4 Å². The largest absolute Gasteiger partial charge is 0.389 e. The first-order chi connectivity index (χ1) is 16.4. The van der Waals surface area contributed by atoms with Gasteiger partial charge in [-0.2, -0.15) is 5.10 Å². The maximum absolute atomic E-state index is 13.1. The molecule has 0 spiro atoms. The summed E-state index contributed by atoms with van der Waals surface area (Å²) in [4.78, 5) is 19.3. The van der Waals surface area contributed by atoms with E-state index in [4.69, 9.17) is 4.98 Å². The lowest BCUT2D eigenvalue weighted by atomic mass is 9.88. The van der Waals surface area contributed by atoms with Gasteiger partial charge in [-0.3, -0.25) is 15.2 Å². The number of imidazole rings is 1. The topological polar surface area (TPSA) is 108 Å². The average Bonchev–Trinajstić information content (AvgIpc) is 3.51. The molecule has 4 aromatic rings. The second-order valence-corrected chi connectivity index (χ2v) is 11.8. The Morgan fingerprint density at radius 1 is 1.20 bits per heavy atom. The van der Waals surface area contributed by atoms with Crippen LogP contribution in [0.5, 0.6) is 0 Å². The first-order valence-electron chi connectivity index (χ1n) is 11.8. The fourth-order valence-electron chi connectivity index (χ4n) is 3.67. The quantitative estimate of drug-likeness (QED) is 0.275. The molecule has 9 heteroatoms. The SMILES string of the molecule is C[C@@H](NCc1ccc2c(c1)nc(NC(=O)c1ccc(-c3cn[nH]c3)s1)n2CC(C)(C)O)C(C)(C)C. The summed E-state index contributed by atoms with van der Waals surface area (Å²) in [6, 6.07) is 10.2. The van der Waals surface area contributed by atoms with Gasteiger partial charge in [0.05, 0.1) is 34.3 Å². The normalized spacial score (nSPS) is 13.3. The van der Waals surface area contributed by atoms with Crippen molar-refractivity contribution in [3.63, 3.8) is 0 Å². The number of rotatable bonds is 8. The third-order valence-electron chi connectivity index (χ3n) is 6.11. The minimum atomic E-state index is -0.979. The Bertz CT molecular complexity index is 1310. The van der Waals surface area contributed by atoms with Crippen molar-refractivity contribution in [1.29, 1.82) is 0 Å². The van der Waals surface area contributed by atoms with Crippen LogP contribution in [0.2, 0.25) is 0 Å². The smallest absolute Gasteiger partial charge is 0.268 e. The molecule has 4 rings (SSSR count). The first kappa shape index (κ1) is 25.1. The first-order valence-corrected chi connectivity index (χ1v) is 12.6. The van der Waals surface area contributed by atoms with Gasteiger partial charge in [0.2, 0.25) is 5.95 Å². The third-order valence-corrected chi connectivity index (χ3v) is 7.24. The number of hydrogen-bond acceptors (Lipinski definition) is 6. The fourth-order valence-corrected chi connectivity index (χ4v) is 4.55. The molecule has 4 N–H and O–H groups in total. The Balaban J connectivity index is 1.60. The number of thiophene rings is 1. The number of anilines is 1. The summed E-state index contributed by atoms with van der Waals surface area (Å²) in [6.07, 6.45) is 3.52. The van der Waals surface area contributed by atoms with Crippen molar-refractivity contribution in [3.05, 3.63) is 53.2 Å². The molecule has 8 nitrogen and oxygen atoms in total. The van der Waals surface area contributed by atoms with Crippen molar-refractivity contribution in [2.75, 3.05) is 5.32 Å². The molecule has 186 valence electrons. The molecule has 0 aliphatic heterocycles. The zero-order valence-corrected chi connectivity index (χ0v) is 22.0. The molecule has 0 radical (unpaired) electrons. The van der Waals surface area contributed by atoms with E-state index >= 15 is 0 Å². The molecule has 1 atom stereocenters. The number of aromatic nitrogens is 4. The Morgan fingerprint density at radius 3 is 2.63 bits per heavy atom. The molecule has 0 unspecified atom stereocenters. The molecule has 0 aliphatic carbocycles. The maximum atomic E-state index is 13.1. The number of aromatic amines is 1. The second kappa shape index (κ2) is 9.56. The van der Waals surface area contributed by atoms with Crippen molar-refractivity contribution in [2.24, 2.45) is 5.41 Å². The zero-order chi connectivity index (χ0) is 25.4. The number of benzene rings is 1. The second-order valence-electron chi connectivity index (χ2n) is 10.7. The standard InChI is InChI=1S/C26H34N6O2S/c1-16(25(2,3)4)27-12-17-7-8-20-19(11-17)30-24(32(20)15-26(5,6)34)31-23(33)22-10-9-21(35-22)18-13-28-29-14-18/h7-11,13-14,16,27,34H,12,15H2,1-6H3,(H,28,29)(H,30,31,33)/t16-/m1/s1. The van der Waals surface area contributed by atoms with Crippen LogP contribution >= 0.6 is 11.3 Å². The molecule has 3 aromatic heterocycles. The third kappa shape index (κ3) is 5.98. The zero-order valence-electron chi connectivity index (χ0n) is 21.1. The summed E-state index contributed by atoms with van der Waals surface area (Å²) in [6.45, 7) is 13.3. The van der Waals surface area contributed by atoms with Crippen molar-refractivity contribution in [3.8, 4) is 10.4 Å². The molecule has 35 heavy (non-hydrogen) atoms. The minimum Gasteiger partial charge on any atom is -0.389 e. The van der Waals surface area contributed by atoms with Crippen LogP contribution in [0.15, 0.2) is 42.7 Å². The van der Waals surface area contributed by atoms with E-state index in [1.54, 1.807) is 32.3 Å². The van der Waals surface area contributed by atoms with Gasteiger partial charge in [-0.1, -0.05) is 26.8 Å². The van der Waals surface area contributed by atoms with E-state index in [0.717, 1.165) is 33.6 Å². The number of amides is 1. The van der Waals surface area contributed by atoms with Gasteiger partial charge in [0, 0.05) is 29.2 Å². The summed E-state index contributed by atoms with van der Waals surface area (Å²) in [5.41, 5.74) is 2.87. The van der Waals surface area contributed by atoms with E-state index in [2.05, 4.69) is 54.6 Å². The number of fused-ring (bicyclic) bond motifs is 1. The van der Waals surface area contributed by atoms with Gasteiger partial charge in [-0.25, -0.2) is 4.98 Å². The summed E-state index contributed by atoms with van der Waals surface area (Å²) < 4.78 is 1.87. The maximum Gasteiger partial charge on any atom is 0.268 e. The lowest BCUT2D eigenvalue weighted by Crippen LogP contribution is -2.37. The number of carbonyl (C=O) groups excluding carboxylic acids is 1. The predicted octanol–water partition coefficient (Wildman–Crippen LogP) is 5.04. The van der Waals surface area contributed by atoms with Crippen LogP contribution in [0, 0.1) is 5.41 Å². The summed E-state index contributed by atoms with van der Waals surface area (Å²) in [7, 11) is 0. The Hall–Kier alpha value is -3.01. The molecule has 0 aliphatic rings. The van der Waals surface area contributed by atoms with Gasteiger partial charge in [-0.15, -0.1) is 11.3 Å². The number of carbonyl (C=O) groups is 1. The molecule has 1 amide bonds. The van der Waals surface area contributed by atoms with Crippen LogP contribution in [0.4, 0.5) is 5.95 Å². The van der Waals surface area contributed by atoms with Gasteiger partial charge in [-0.05, 0) is 56.0 Å². The Morgan fingerprint density at radius 2 is 1.97 bits per heavy atom. The van der Waals surface area contributed by atoms with Gasteiger partial charge >= 0.3 is 0 Å². The highest BCUT2D eigenvalue weighted by Crippen LogP contribution is 2.29. The summed E-state index contributed by atoms with van der Waals surface area (Å²) >= 11 is 1.39. The summed E-state index contributed by atoms with van der Waals surface area (Å²) in [5, 5.41) is 23.8. The van der Waals surface area contributed by atoms with E-state index in [1.165, 1.54) is 11.3 Å². The molecule has 3 heterocycles. The molecular weight excluding hydrogens is 460 g/mol. The molecule has 0 saturated carbocycles. The lowest BCUT2D eigenvalue weighted by molar-refractivity contribution is 0.0630. The summed E-state index contributed by atoms with van der Waals surface area (Å²) in [5.74, 6) is 0.177. The van der Waals surface area contributed by atoms with Gasteiger partial charge in [0.15, 0.2) is 0 Å². The Labute approximate surface area is 209 Å². The van der Waals surface area contributed by atoms with Crippen molar-refractivity contribution < 1.29 is 9.90 Å². The average molecular weight is 495 g/mol. The van der Waals surface area contributed by atoms with E-state index in [-0.39, 0.29) is 11.3 Å². The van der Waals surface area contributed by atoms with E-state index in [9.17, 15) is 9.90 Å². The minimum absolute atomic E-state index is 0.162. The predicted molar refractivity (Wildman–Crippen MR) is 142 cm³/mol. The van der Waals surface area contributed by atoms with E-state index in [1.807, 2.05) is 22.8 Å². The van der Waals surface area contributed by atoms with Crippen LogP contribution in [0.3, 0.4) is 0 Å². The van der Waals surface area contributed by atoms with Crippen molar-refractivity contribution in [2.45, 2.75) is 66.3 Å². The molecule has 0 saturated heterocycles. The van der Waals surface area contributed by atoms with Gasteiger partial charge in [0.1, 0.15) is 0 Å². The highest BCUT2D eigenvalue weighted by molar-refractivity contribution is 7.17. The van der Waals surface area contributed by atoms with Gasteiger partial charge < -0.3 is 15.0 Å². The molecule has 1 aromatic carbocycles. The molecule has 0 bridgehead atoms. The van der Waals surface area contributed by atoms with Crippen LogP contribution < -0.4 is 10.6 Å².